The Labute approximate surface area is 204 Å². The molecule has 178 valence electrons. The van der Waals surface area contributed by atoms with E-state index in [0.717, 1.165) is 28.7 Å². The third-order valence-corrected chi connectivity index (χ3v) is 6.39. The van der Waals surface area contributed by atoms with Gasteiger partial charge in [0.2, 0.25) is 11.8 Å². The largest absolute Gasteiger partial charge is 0.352 e. The first-order valence-electron chi connectivity index (χ1n) is 12.1. The van der Waals surface area contributed by atoms with Crippen LogP contribution in [-0.2, 0) is 16.1 Å². The van der Waals surface area contributed by atoms with Crippen LogP contribution in [0.2, 0.25) is 0 Å². The first kappa shape index (κ1) is 25.2. The molecule has 0 aromatic heterocycles. The van der Waals surface area contributed by atoms with Crippen LogP contribution >= 0.6 is 0 Å². The highest BCUT2D eigenvalue weighted by Crippen LogP contribution is 2.29. The predicted octanol–water partition coefficient (Wildman–Crippen LogP) is 5.85. The van der Waals surface area contributed by atoms with Crippen molar-refractivity contribution >= 4 is 11.8 Å². The number of nitrogens with zero attached hydrogens (tertiary/aromatic N) is 1. The van der Waals surface area contributed by atoms with Crippen LogP contribution in [0, 0.1) is 6.92 Å². The van der Waals surface area contributed by atoms with Crippen LogP contribution in [0.3, 0.4) is 0 Å². The van der Waals surface area contributed by atoms with E-state index in [1.807, 2.05) is 82.3 Å². The van der Waals surface area contributed by atoms with Crippen LogP contribution in [0.25, 0.3) is 0 Å². The number of carbonyl (C=O) groups excluding carboxylic acids is 2. The van der Waals surface area contributed by atoms with E-state index >= 15 is 0 Å². The molecule has 0 aliphatic heterocycles. The summed E-state index contributed by atoms with van der Waals surface area (Å²) in [7, 11) is 0. The van der Waals surface area contributed by atoms with Gasteiger partial charge in [0.05, 0.1) is 0 Å². The molecule has 0 heterocycles. The van der Waals surface area contributed by atoms with Gasteiger partial charge in [-0.25, -0.2) is 0 Å². The van der Waals surface area contributed by atoms with Crippen LogP contribution < -0.4 is 5.32 Å². The Hall–Kier alpha value is -3.40. The highest BCUT2D eigenvalue weighted by atomic mass is 16.2. The van der Waals surface area contributed by atoms with Gasteiger partial charge in [-0.05, 0) is 43.9 Å². The molecule has 3 aromatic rings. The second kappa shape index (κ2) is 12.2. The molecule has 0 fully saturated rings. The zero-order valence-electron chi connectivity index (χ0n) is 20.7. The third kappa shape index (κ3) is 6.80. The topological polar surface area (TPSA) is 49.4 Å². The maximum absolute atomic E-state index is 13.8. The normalized spacial score (nSPS) is 12.7. The highest BCUT2D eigenvalue weighted by molar-refractivity contribution is 5.88. The van der Waals surface area contributed by atoms with Gasteiger partial charge in [-0.1, -0.05) is 97.4 Å². The molecule has 0 spiro atoms. The van der Waals surface area contributed by atoms with Crippen molar-refractivity contribution in [3.05, 3.63) is 107 Å². The fraction of sp³-hybridized carbons (Fsp3) is 0.333. The molecule has 0 radical (unpaired) electrons. The van der Waals surface area contributed by atoms with Gasteiger partial charge < -0.3 is 10.2 Å². The van der Waals surface area contributed by atoms with Gasteiger partial charge in [-0.3, -0.25) is 9.59 Å². The highest BCUT2D eigenvalue weighted by Gasteiger charge is 2.29. The summed E-state index contributed by atoms with van der Waals surface area (Å²) in [4.78, 5) is 28.6. The quantitative estimate of drug-likeness (QED) is 0.416. The molecule has 0 bridgehead atoms. The van der Waals surface area contributed by atoms with Crippen LogP contribution in [0.4, 0.5) is 0 Å². The fourth-order valence-electron chi connectivity index (χ4n) is 4.15. The minimum atomic E-state index is -0.575. The second-order valence-corrected chi connectivity index (χ2v) is 9.08. The van der Waals surface area contributed by atoms with E-state index in [4.69, 9.17) is 0 Å². The zero-order valence-corrected chi connectivity index (χ0v) is 20.7. The second-order valence-electron chi connectivity index (χ2n) is 9.08. The van der Waals surface area contributed by atoms with E-state index in [-0.39, 0.29) is 23.8 Å². The van der Waals surface area contributed by atoms with Crippen molar-refractivity contribution in [3.63, 3.8) is 0 Å². The van der Waals surface area contributed by atoms with E-state index in [2.05, 4.69) is 35.6 Å². The monoisotopic (exact) mass is 456 g/mol. The van der Waals surface area contributed by atoms with Gasteiger partial charge in [-0.2, -0.15) is 0 Å². The van der Waals surface area contributed by atoms with Crippen molar-refractivity contribution in [3.8, 4) is 0 Å². The Kier molecular flexibility index (Phi) is 9.03. The SMILES string of the molecule is CCC(C)NC(=O)C(C)N(Cc1cccc(C)c1)C(=O)CC(c1ccccc1)c1ccccc1. The van der Waals surface area contributed by atoms with E-state index in [0.29, 0.717) is 13.0 Å². The molecule has 3 rings (SSSR count). The molecule has 34 heavy (non-hydrogen) atoms. The number of hydrogen-bond donors (Lipinski definition) is 1. The molecule has 4 nitrogen and oxygen atoms in total. The van der Waals surface area contributed by atoms with E-state index < -0.39 is 6.04 Å². The van der Waals surface area contributed by atoms with Crippen molar-refractivity contribution in [1.29, 1.82) is 0 Å². The minimum absolute atomic E-state index is 0.0361. The number of nitrogens with one attached hydrogen (secondary N) is 1. The molecule has 0 aliphatic carbocycles. The molecule has 0 saturated carbocycles. The Morgan fingerprint density at radius 3 is 1.97 bits per heavy atom. The van der Waals surface area contributed by atoms with Gasteiger partial charge in [0.15, 0.2) is 0 Å². The van der Waals surface area contributed by atoms with Crippen LogP contribution in [0.5, 0.6) is 0 Å². The lowest BCUT2D eigenvalue weighted by Gasteiger charge is -2.31. The van der Waals surface area contributed by atoms with Crippen molar-refractivity contribution in [2.24, 2.45) is 0 Å². The summed E-state index contributed by atoms with van der Waals surface area (Å²) in [5.41, 5.74) is 4.34. The minimum Gasteiger partial charge on any atom is -0.352 e. The molecular weight excluding hydrogens is 420 g/mol. The first-order valence-corrected chi connectivity index (χ1v) is 12.1. The van der Waals surface area contributed by atoms with Gasteiger partial charge in [0, 0.05) is 24.9 Å². The van der Waals surface area contributed by atoms with E-state index in [1.165, 1.54) is 0 Å². The molecule has 2 amide bonds. The summed E-state index contributed by atoms with van der Waals surface area (Å²) in [5, 5.41) is 3.05. The number of benzene rings is 3. The number of rotatable bonds is 10. The summed E-state index contributed by atoms with van der Waals surface area (Å²) < 4.78 is 0. The van der Waals surface area contributed by atoms with Gasteiger partial charge in [0.25, 0.3) is 0 Å². The molecule has 4 heteroatoms. The van der Waals surface area contributed by atoms with Gasteiger partial charge in [-0.15, -0.1) is 0 Å². The van der Waals surface area contributed by atoms with Crippen molar-refractivity contribution in [1.82, 2.24) is 10.2 Å². The molecule has 2 atom stereocenters. The predicted molar refractivity (Wildman–Crippen MR) is 138 cm³/mol. The summed E-state index contributed by atoms with van der Waals surface area (Å²) >= 11 is 0. The molecular formula is C30H36N2O2. The van der Waals surface area contributed by atoms with Crippen molar-refractivity contribution in [2.75, 3.05) is 0 Å². The van der Waals surface area contributed by atoms with Crippen molar-refractivity contribution in [2.45, 2.75) is 65.1 Å². The maximum atomic E-state index is 13.8. The van der Waals surface area contributed by atoms with Crippen LogP contribution in [-0.4, -0.2) is 28.8 Å². The Morgan fingerprint density at radius 2 is 1.44 bits per heavy atom. The number of carbonyl (C=O) groups is 2. The molecule has 0 saturated heterocycles. The van der Waals surface area contributed by atoms with Gasteiger partial charge >= 0.3 is 0 Å². The lowest BCUT2D eigenvalue weighted by molar-refractivity contribution is -0.141. The summed E-state index contributed by atoms with van der Waals surface area (Å²) in [6.07, 6.45) is 1.13. The smallest absolute Gasteiger partial charge is 0.242 e. The van der Waals surface area contributed by atoms with E-state index in [1.54, 1.807) is 4.90 Å². The average Bonchev–Trinajstić information content (AvgIpc) is 2.86. The average molecular weight is 457 g/mol. The molecule has 1 N–H and O–H groups in total. The molecule has 2 unspecified atom stereocenters. The maximum Gasteiger partial charge on any atom is 0.242 e. The number of amides is 2. The third-order valence-electron chi connectivity index (χ3n) is 6.39. The van der Waals surface area contributed by atoms with Crippen molar-refractivity contribution < 1.29 is 9.59 Å². The molecule has 0 aliphatic rings. The lowest BCUT2D eigenvalue weighted by atomic mass is 9.88. The summed E-state index contributed by atoms with van der Waals surface area (Å²) in [6, 6.07) is 27.8. The van der Waals surface area contributed by atoms with Crippen LogP contribution in [0.1, 0.15) is 61.8 Å². The molecule has 3 aromatic carbocycles. The summed E-state index contributed by atoms with van der Waals surface area (Å²) in [5.74, 6) is -0.239. The zero-order chi connectivity index (χ0) is 24.5. The van der Waals surface area contributed by atoms with E-state index in [9.17, 15) is 9.59 Å². The Morgan fingerprint density at radius 1 is 0.853 bits per heavy atom. The Balaban J connectivity index is 1.91. The Bertz CT molecular complexity index is 1030. The number of hydrogen-bond acceptors (Lipinski definition) is 2. The first-order chi connectivity index (χ1) is 16.4. The summed E-state index contributed by atoms with van der Waals surface area (Å²) in [6.45, 7) is 8.28. The lowest BCUT2D eigenvalue weighted by Crippen LogP contribution is -2.49. The fourth-order valence-corrected chi connectivity index (χ4v) is 4.15. The standard InChI is InChI=1S/C30H36N2O2/c1-5-23(3)31-30(34)24(4)32(21-25-14-12-13-22(2)19-25)29(33)20-28(26-15-8-6-9-16-26)27-17-10-7-11-18-27/h6-19,23-24,28H,5,20-21H2,1-4H3,(H,31,34). The van der Waals surface area contributed by atoms with Gasteiger partial charge in [0.1, 0.15) is 6.04 Å². The number of aryl methyl sites for hydroxylation is 1. The van der Waals surface area contributed by atoms with Crippen LogP contribution in [0.15, 0.2) is 84.9 Å².